The predicted molar refractivity (Wildman–Crippen MR) is 76.4 cm³/mol. The average molecular weight is 363 g/mol. The molecule has 2 rings (SSSR count). The van der Waals surface area contributed by atoms with Gasteiger partial charge < -0.3 is 4.74 Å². The maximum atomic E-state index is 6.13. The van der Waals surface area contributed by atoms with E-state index in [0.29, 0.717) is 11.8 Å². The molecule has 5 heteroatoms. The number of hydrogen-bond donors (Lipinski definition) is 0. The Bertz CT molecular complexity index is 539. The van der Waals surface area contributed by atoms with Gasteiger partial charge >= 0.3 is 0 Å². The topological polar surface area (TPSA) is 27.1 Å². The molecular formula is C12H12ClIN2O. The van der Waals surface area contributed by atoms with Crippen molar-refractivity contribution < 1.29 is 4.74 Å². The normalized spacial score (nSPS) is 10.6. The van der Waals surface area contributed by atoms with Gasteiger partial charge in [-0.3, -0.25) is 4.68 Å². The SMILES string of the molecule is Cc1nn(C)c(Cl)c1COc1cccc(I)c1. The second-order valence-electron chi connectivity index (χ2n) is 3.72. The molecule has 0 fully saturated rings. The van der Waals surface area contributed by atoms with E-state index < -0.39 is 0 Å². The number of aromatic nitrogens is 2. The summed E-state index contributed by atoms with van der Waals surface area (Å²) in [6.45, 7) is 2.37. The van der Waals surface area contributed by atoms with Crippen molar-refractivity contribution in [2.24, 2.45) is 7.05 Å². The van der Waals surface area contributed by atoms with Gasteiger partial charge in [-0.25, -0.2) is 0 Å². The number of hydrogen-bond acceptors (Lipinski definition) is 2. The van der Waals surface area contributed by atoms with E-state index in [0.717, 1.165) is 20.6 Å². The zero-order valence-corrected chi connectivity index (χ0v) is 12.5. The van der Waals surface area contributed by atoms with E-state index in [1.807, 2.05) is 38.2 Å². The molecule has 0 aliphatic rings. The molecule has 0 atom stereocenters. The third kappa shape index (κ3) is 2.93. The van der Waals surface area contributed by atoms with E-state index in [4.69, 9.17) is 16.3 Å². The van der Waals surface area contributed by atoms with Gasteiger partial charge in [0.25, 0.3) is 0 Å². The monoisotopic (exact) mass is 362 g/mol. The van der Waals surface area contributed by atoms with Crippen molar-refractivity contribution in [3.05, 3.63) is 44.2 Å². The van der Waals surface area contributed by atoms with Gasteiger partial charge in [-0.1, -0.05) is 17.7 Å². The van der Waals surface area contributed by atoms with Gasteiger partial charge in [0.2, 0.25) is 0 Å². The lowest BCUT2D eigenvalue weighted by atomic mass is 10.3. The quantitative estimate of drug-likeness (QED) is 0.781. The number of nitrogens with zero attached hydrogens (tertiary/aromatic N) is 2. The Morgan fingerprint density at radius 1 is 1.47 bits per heavy atom. The molecule has 0 amide bonds. The predicted octanol–water partition coefficient (Wildman–Crippen LogP) is 3.57. The summed E-state index contributed by atoms with van der Waals surface area (Å²) in [4.78, 5) is 0. The summed E-state index contributed by atoms with van der Waals surface area (Å²) in [7, 11) is 1.82. The molecule has 0 bridgehead atoms. The molecule has 2 aromatic rings. The largest absolute Gasteiger partial charge is 0.489 e. The molecule has 1 aromatic heterocycles. The minimum Gasteiger partial charge on any atom is -0.489 e. The maximum Gasteiger partial charge on any atom is 0.133 e. The smallest absolute Gasteiger partial charge is 0.133 e. The first-order chi connectivity index (χ1) is 8.08. The maximum absolute atomic E-state index is 6.13. The van der Waals surface area contributed by atoms with Gasteiger partial charge in [-0.2, -0.15) is 5.10 Å². The average Bonchev–Trinajstić information content (AvgIpc) is 2.51. The molecule has 90 valence electrons. The molecule has 0 N–H and O–H groups in total. The molecule has 0 saturated carbocycles. The summed E-state index contributed by atoms with van der Waals surface area (Å²) in [5.74, 6) is 0.844. The highest BCUT2D eigenvalue weighted by Crippen LogP contribution is 2.22. The fourth-order valence-corrected chi connectivity index (χ4v) is 2.29. The zero-order valence-electron chi connectivity index (χ0n) is 9.58. The molecule has 1 heterocycles. The Balaban J connectivity index is 2.12. The lowest BCUT2D eigenvalue weighted by Crippen LogP contribution is -1.97. The molecule has 3 nitrogen and oxygen atoms in total. The lowest BCUT2D eigenvalue weighted by molar-refractivity contribution is 0.305. The van der Waals surface area contributed by atoms with E-state index in [2.05, 4.69) is 27.7 Å². The Labute approximate surface area is 119 Å². The standard InChI is InChI=1S/C12H12ClIN2O/c1-8-11(12(13)16(2)15-8)7-17-10-5-3-4-9(14)6-10/h3-6H,7H2,1-2H3. The number of ether oxygens (including phenoxy) is 1. The van der Waals surface area contributed by atoms with Gasteiger partial charge in [0.1, 0.15) is 17.5 Å². The highest BCUT2D eigenvalue weighted by molar-refractivity contribution is 14.1. The van der Waals surface area contributed by atoms with Gasteiger partial charge in [0.05, 0.1) is 5.69 Å². The first kappa shape index (κ1) is 12.7. The van der Waals surface area contributed by atoms with Crippen LogP contribution < -0.4 is 4.74 Å². The highest BCUT2D eigenvalue weighted by Gasteiger charge is 2.11. The minimum absolute atomic E-state index is 0.443. The van der Waals surface area contributed by atoms with Crippen LogP contribution in [-0.2, 0) is 13.7 Å². The van der Waals surface area contributed by atoms with Crippen molar-refractivity contribution in [2.45, 2.75) is 13.5 Å². The lowest BCUT2D eigenvalue weighted by Gasteiger charge is -2.06. The second kappa shape index (κ2) is 5.27. The van der Waals surface area contributed by atoms with Crippen LogP contribution in [0.4, 0.5) is 0 Å². The van der Waals surface area contributed by atoms with Crippen LogP contribution in [0, 0.1) is 10.5 Å². The van der Waals surface area contributed by atoms with Crippen molar-refractivity contribution >= 4 is 34.2 Å². The number of halogens is 2. The van der Waals surface area contributed by atoms with Crippen LogP contribution in [0.1, 0.15) is 11.3 Å². The molecular weight excluding hydrogens is 351 g/mol. The van der Waals surface area contributed by atoms with Gasteiger partial charge in [0.15, 0.2) is 0 Å². The molecule has 0 radical (unpaired) electrons. The Morgan fingerprint density at radius 2 is 2.24 bits per heavy atom. The fourth-order valence-electron chi connectivity index (χ4n) is 1.55. The number of rotatable bonds is 3. The van der Waals surface area contributed by atoms with E-state index >= 15 is 0 Å². The number of benzene rings is 1. The third-order valence-electron chi connectivity index (χ3n) is 2.45. The van der Waals surface area contributed by atoms with Gasteiger partial charge in [-0.15, -0.1) is 0 Å². The fraction of sp³-hybridized carbons (Fsp3) is 0.250. The summed E-state index contributed by atoms with van der Waals surface area (Å²) in [5, 5.41) is 4.88. The van der Waals surface area contributed by atoms with Gasteiger partial charge in [-0.05, 0) is 47.7 Å². The first-order valence-corrected chi connectivity index (χ1v) is 6.60. The Hall–Kier alpha value is -0.750. The molecule has 17 heavy (non-hydrogen) atoms. The van der Waals surface area contributed by atoms with Crippen LogP contribution in [0.5, 0.6) is 5.75 Å². The van der Waals surface area contributed by atoms with E-state index in [-0.39, 0.29) is 0 Å². The zero-order chi connectivity index (χ0) is 12.4. The van der Waals surface area contributed by atoms with Gasteiger partial charge in [0, 0.05) is 16.2 Å². The van der Waals surface area contributed by atoms with Crippen molar-refractivity contribution in [1.82, 2.24) is 9.78 Å². The van der Waals surface area contributed by atoms with E-state index in [1.165, 1.54) is 0 Å². The van der Waals surface area contributed by atoms with Crippen LogP contribution >= 0.6 is 34.2 Å². The van der Waals surface area contributed by atoms with E-state index in [9.17, 15) is 0 Å². The summed E-state index contributed by atoms with van der Waals surface area (Å²) in [5.41, 5.74) is 1.84. The second-order valence-corrected chi connectivity index (χ2v) is 5.33. The van der Waals surface area contributed by atoms with Crippen LogP contribution in [0.25, 0.3) is 0 Å². The van der Waals surface area contributed by atoms with Crippen LogP contribution in [0.15, 0.2) is 24.3 Å². The summed E-state index contributed by atoms with van der Waals surface area (Å²) in [6.07, 6.45) is 0. The molecule has 0 aliphatic carbocycles. The summed E-state index contributed by atoms with van der Waals surface area (Å²) >= 11 is 8.39. The van der Waals surface area contributed by atoms with Crippen molar-refractivity contribution in [2.75, 3.05) is 0 Å². The number of aryl methyl sites for hydroxylation is 2. The molecule has 0 saturated heterocycles. The third-order valence-corrected chi connectivity index (χ3v) is 3.59. The van der Waals surface area contributed by atoms with Crippen LogP contribution in [-0.4, -0.2) is 9.78 Å². The summed E-state index contributed by atoms with van der Waals surface area (Å²) < 4.78 is 8.51. The molecule has 0 unspecified atom stereocenters. The van der Waals surface area contributed by atoms with Crippen molar-refractivity contribution in [1.29, 1.82) is 0 Å². The Kier molecular flexibility index (Phi) is 3.93. The first-order valence-electron chi connectivity index (χ1n) is 5.14. The molecule has 0 aliphatic heterocycles. The van der Waals surface area contributed by atoms with Crippen LogP contribution in [0.3, 0.4) is 0 Å². The van der Waals surface area contributed by atoms with Crippen LogP contribution in [0.2, 0.25) is 5.15 Å². The molecule has 0 spiro atoms. The van der Waals surface area contributed by atoms with Crippen molar-refractivity contribution in [3.8, 4) is 5.75 Å². The Morgan fingerprint density at radius 3 is 2.82 bits per heavy atom. The summed E-state index contributed by atoms with van der Waals surface area (Å²) in [6, 6.07) is 7.91. The van der Waals surface area contributed by atoms with E-state index in [1.54, 1.807) is 4.68 Å². The van der Waals surface area contributed by atoms with Crippen molar-refractivity contribution in [3.63, 3.8) is 0 Å². The molecule has 1 aromatic carbocycles. The minimum atomic E-state index is 0.443. The highest BCUT2D eigenvalue weighted by atomic mass is 127.